The molecule has 1 aromatic rings. The highest BCUT2D eigenvalue weighted by Gasteiger charge is 2.23. The Morgan fingerprint density at radius 3 is 2.10 bits per heavy atom. The van der Waals surface area contributed by atoms with Gasteiger partial charge in [0, 0.05) is 18.7 Å². The van der Waals surface area contributed by atoms with E-state index in [4.69, 9.17) is 18.0 Å². The summed E-state index contributed by atoms with van der Waals surface area (Å²) in [5.41, 5.74) is 5.68. The summed E-state index contributed by atoms with van der Waals surface area (Å²) in [6.07, 6.45) is 6.59. The summed E-state index contributed by atoms with van der Waals surface area (Å²) in [5.74, 6) is -1.20. The lowest BCUT2D eigenvalue weighted by molar-refractivity contribution is 0.517. The number of nitrogens with zero attached hydrogens (tertiary/aromatic N) is 1. The smallest absolute Gasteiger partial charge is 0.150 e. The van der Waals surface area contributed by atoms with Gasteiger partial charge in [0.15, 0.2) is 0 Å². The molecule has 0 saturated heterocycles. The molecule has 1 aromatic carbocycles. The molecule has 0 unspecified atom stereocenters. The van der Waals surface area contributed by atoms with Crippen LogP contribution in [0.4, 0.5) is 14.5 Å². The minimum Gasteiger partial charge on any atom is -0.389 e. The summed E-state index contributed by atoms with van der Waals surface area (Å²) >= 11 is 4.76. The van der Waals surface area contributed by atoms with Crippen molar-refractivity contribution in [2.75, 3.05) is 11.9 Å². The van der Waals surface area contributed by atoms with Crippen molar-refractivity contribution in [3.8, 4) is 0 Å². The SMILES string of the molecule is CN(c1c(F)cc(C(N)=S)cc1F)C1CCCCCC1. The Bertz CT molecular complexity index is 474. The van der Waals surface area contributed by atoms with Crippen LogP contribution in [0.1, 0.15) is 44.1 Å². The number of hydrogen-bond acceptors (Lipinski definition) is 2. The van der Waals surface area contributed by atoms with Crippen LogP contribution in [0, 0.1) is 11.6 Å². The summed E-state index contributed by atoms with van der Waals surface area (Å²) in [6.45, 7) is 0. The molecule has 1 saturated carbocycles. The zero-order valence-electron chi connectivity index (χ0n) is 11.7. The molecule has 0 heterocycles. The maximum atomic E-state index is 14.2. The van der Waals surface area contributed by atoms with E-state index in [2.05, 4.69) is 0 Å². The first-order chi connectivity index (χ1) is 9.50. The van der Waals surface area contributed by atoms with Crippen molar-refractivity contribution in [3.63, 3.8) is 0 Å². The largest absolute Gasteiger partial charge is 0.389 e. The first-order valence-corrected chi connectivity index (χ1v) is 7.43. The number of thiocarbonyl (C=S) groups is 1. The zero-order valence-corrected chi connectivity index (χ0v) is 12.5. The third-order valence-electron chi connectivity index (χ3n) is 4.03. The minimum atomic E-state index is -0.598. The van der Waals surface area contributed by atoms with Crippen LogP contribution in [0.15, 0.2) is 12.1 Å². The van der Waals surface area contributed by atoms with Gasteiger partial charge in [-0.1, -0.05) is 37.9 Å². The van der Waals surface area contributed by atoms with Gasteiger partial charge >= 0.3 is 0 Å². The van der Waals surface area contributed by atoms with Gasteiger partial charge in [-0.3, -0.25) is 0 Å². The maximum absolute atomic E-state index is 14.2. The summed E-state index contributed by atoms with van der Waals surface area (Å²) in [4.78, 5) is 1.74. The molecule has 0 aliphatic heterocycles. The second-order valence-corrected chi connectivity index (χ2v) is 5.85. The van der Waals surface area contributed by atoms with Crippen molar-refractivity contribution in [2.24, 2.45) is 5.73 Å². The number of halogens is 2. The van der Waals surface area contributed by atoms with Crippen molar-refractivity contribution in [1.82, 2.24) is 0 Å². The predicted molar refractivity (Wildman–Crippen MR) is 82.1 cm³/mol. The van der Waals surface area contributed by atoms with Crippen LogP contribution in [0.2, 0.25) is 0 Å². The Kier molecular flexibility index (Phi) is 4.91. The lowest BCUT2D eigenvalue weighted by Crippen LogP contribution is -2.32. The van der Waals surface area contributed by atoms with Crippen molar-refractivity contribution in [1.29, 1.82) is 0 Å². The van der Waals surface area contributed by atoms with Crippen LogP contribution in [0.25, 0.3) is 0 Å². The Morgan fingerprint density at radius 1 is 1.15 bits per heavy atom. The molecule has 20 heavy (non-hydrogen) atoms. The van der Waals surface area contributed by atoms with Gasteiger partial charge < -0.3 is 10.6 Å². The highest BCUT2D eigenvalue weighted by atomic mass is 32.1. The third-order valence-corrected chi connectivity index (χ3v) is 4.26. The molecule has 2 N–H and O–H groups in total. The van der Waals surface area contributed by atoms with Crippen molar-refractivity contribution < 1.29 is 8.78 Å². The molecule has 2 rings (SSSR count). The second-order valence-electron chi connectivity index (χ2n) is 5.41. The molecule has 0 bridgehead atoms. The van der Waals surface area contributed by atoms with E-state index >= 15 is 0 Å². The lowest BCUT2D eigenvalue weighted by atomic mass is 10.1. The van der Waals surface area contributed by atoms with Crippen LogP contribution in [-0.4, -0.2) is 18.1 Å². The molecule has 0 atom stereocenters. The summed E-state index contributed by atoms with van der Waals surface area (Å²) in [6, 6.07) is 2.62. The normalized spacial score (nSPS) is 16.8. The monoisotopic (exact) mass is 298 g/mol. The van der Waals surface area contributed by atoms with Crippen LogP contribution >= 0.6 is 12.2 Å². The highest BCUT2D eigenvalue weighted by Crippen LogP contribution is 2.30. The van der Waals surface area contributed by atoms with E-state index in [9.17, 15) is 8.78 Å². The number of nitrogens with two attached hydrogens (primary N) is 1. The maximum Gasteiger partial charge on any atom is 0.150 e. The Morgan fingerprint density at radius 2 is 1.65 bits per heavy atom. The van der Waals surface area contributed by atoms with Gasteiger partial charge in [-0.05, 0) is 25.0 Å². The topological polar surface area (TPSA) is 29.3 Å². The minimum absolute atomic E-state index is 0.00599. The van der Waals surface area contributed by atoms with E-state index in [-0.39, 0.29) is 22.3 Å². The molecule has 2 nitrogen and oxygen atoms in total. The number of rotatable bonds is 3. The van der Waals surface area contributed by atoms with E-state index < -0.39 is 11.6 Å². The molecular weight excluding hydrogens is 278 g/mol. The van der Waals surface area contributed by atoms with Crippen LogP contribution in [0.5, 0.6) is 0 Å². The third kappa shape index (κ3) is 3.26. The fraction of sp³-hybridized carbons (Fsp3) is 0.533. The van der Waals surface area contributed by atoms with Gasteiger partial charge in [0.2, 0.25) is 0 Å². The van der Waals surface area contributed by atoms with Crippen molar-refractivity contribution in [2.45, 2.75) is 44.6 Å². The summed E-state index contributed by atoms with van der Waals surface area (Å²) in [7, 11) is 1.76. The summed E-state index contributed by atoms with van der Waals surface area (Å²) < 4.78 is 28.4. The van der Waals surface area contributed by atoms with E-state index in [1.807, 2.05) is 0 Å². The molecule has 0 radical (unpaired) electrons. The first kappa shape index (κ1) is 15.2. The molecule has 1 aliphatic rings. The second kappa shape index (κ2) is 6.48. The first-order valence-electron chi connectivity index (χ1n) is 7.02. The molecule has 1 aliphatic carbocycles. The van der Waals surface area contributed by atoms with Gasteiger partial charge in [-0.15, -0.1) is 0 Å². The molecular formula is C15H20F2N2S. The Labute approximate surface area is 123 Å². The van der Waals surface area contributed by atoms with Gasteiger partial charge in [0.1, 0.15) is 22.3 Å². The lowest BCUT2D eigenvalue weighted by Gasteiger charge is -2.30. The Hall–Kier alpha value is -1.23. The molecule has 0 spiro atoms. The van der Waals surface area contributed by atoms with Crippen molar-refractivity contribution in [3.05, 3.63) is 29.3 Å². The highest BCUT2D eigenvalue weighted by molar-refractivity contribution is 7.80. The average molecular weight is 298 g/mol. The summed E-state index contributed by atoms with van der Waals surface area (Å²) in [5, 5.41) is 0. The average Bonchev–Trinajstić information content (AvgIpc) is 2.66. The van der Waals surface area contributed by atoms with E-state index in [1.165, 1.54) is 25.0 Å². The van der Waals surface area contributed by atoms with Gasteiger partial charge in [-0.25, -0.2) is 8.78 Å². The molecule has 5 heteroatoms. The fourth-order valence-corrected chi connectivity index (χ4v) is 2.99. The number of benzene rings is 1. The quantitative estimate of drug-likeness (QED) is 0.680. The van der Waals surface area contributed by atoms with Crippen molar-refractivity contribution >= 4 is 22.9 Å². The number of anilines is 1. The van der Waals surface area contributed by atoms with E-state index in [0.717, 1.165) is 25.7 Å². The van der Waals surface area contributed by atoms with Gasteiger partial charge in [0.05, 0.1) is 0 Å². The van der Waals surface area contributed by atoms with E-state index in [1.54, 1.807) is 11.9 Å². The van der Waals surface area contributed by atoms with Gasteiger partial charge in [-0.2, -0.15) is 0 Å². The number of hydrogen-bond donors (Lipinski definition) is 1. The molecule has 0 aromatic heterocycles. The van der Waals surface area contributed by atoms with Crippen LogP contribution < -0.4 is 10.6 Å². The fourth-order valence-electron chi connectivity index (χ4n) is 2.87. The van der Waals surface area contributed by atoms with Crippen LogP contribution in [0.3, 0.4) is 0 Å². The standard InChI is InChI=1S/C15H20F2N2S/c1-19(11-6-4-2-3-5-7-11)14-12(16)8-10(15(18)20)9-13(14)17/h8-9,11H,2-7H2,1H3,(H2,18,20). The predicted octanol–water partition coefficient (Wildman–Crippen LogP) is 3.76. The molecule has 110 valence electrons. The van der Waals surface area contributed by atoms with Crippen LogP contribution in [-0.2, 0) is 0 Å². The Balaban J connectivity index is 2.29. The van der Waals surface area contributed by atoms with E-state index in [0.29, 0.717) is 0 Å². The molecule has 0 amide bonds. The van der Waals surface area contributed by atoms with Gasteiger partial charge in [0.25, 0.3) is 0 Å². The molecule has 1 fully saturated rings. The zero-order chi connectivity index (χ0) is 14.7.